The molecule has 0 unspecified atom stereocenters. The number of rotatable bonds is 4. The Morgan fingerprint density at radius 2 is 1.45 bits per heavy atom. The quantitative estimate of drug-likeness (QED) is 0.712. The Morgan fingerprint density at radius 3 is 1.90 bits per heavy atom. The smallest absolute Gasteiger partial charge is 0.352 e. The highest BCUT2D eigenvalue weighted by molar-refractivity contribution is 6.02. The van der Waals surface area contributed by atoms with Crippen molar-refractivity contribution in [2.45, 2.75) is 24.9 Å². The van der Waals surface area contributed by atoms with E-state index in [1.165, 1.54) is 18.6 Å². The number of carboxylic acids is 2. The van der Waals surface area contributed by atoms with E-state index in [9.17, 15) is 14.7 Å². The van der Waals surface area contributed by atoms with Crippen LogP contribution in [-0.4, -0.2) is 40.3 Å². The van der Waals surface area contributed by atoms with Crippen molar-refractivity contribution in [3.8, 4) is 0 Å². The number of anilines is 1. The van der Waals surface area contributed by atoms with E-state index in [1.807, 2.05) is 0 Å². The van der Waals surface area contributed by atoms with Gasteiger partial charge in [0.15, 0.2) is 0 Å². The number of hydrogen-bond donors (Lipinski definition) is 3. The van der Waals surface area contributed by atoms with Crippen LogP contribution >= 0.6 is 0 Å². The molecule has 1 heterocycles. The number of piperidine rings is 1. The van der Waals surface area contributed by atoms with E-state index in [0.717, 1.165) is 31.6 Å². The molecule has 0 aliphatic carbocycles. The second-order valence-electron chi connectivity index (χ2n) is 4.92. The standard InChI is InChI=1S/C14H17NO5/c16-12(17)14(20,13(18)19)10-4-6-11(7-5-10)15-8-2-1-3-9-15/h4-7,20H,1-3,8-9H2,(H,16,17)(H,18,19). The first-order chi connectivity index (χ1) is 9.46. The summed E-state index contributed by atoms with van der Waals surface area (Å²) in [6.07, 6.45) is 3.41. The van der Waals surface area contributed by atoms with Crippen molar-refractivity contribution < 1.29 is 24.9 Å². The van der Waals surface area contributed by atoms with Gasteiger partial charge >= 0.3 is 11.9 Å². The molecular weight excluding hydrogens is 262 g/mol. The normalized spacial score (nSPS) is 15.9. The number of aliphatic carboxylic acids is 2. The van der Waals surface area contributed by atoms with Crippen molar-refractivity contribution >= 4 is 17.6 Å². The summed E-state index contributed by atoms with van der Waals surface area (Å²) in [6, 6.07) is 6.01. The van der Waals surface area contributed by atoms with Crippen molar-refractivity contribution in [2.24, 2.45) is 0 Å². The van der Waals surface area contributed by atoms with Crippen molar-refractivity contribution in [3.05, 3.63) is 29.8 Å². The van der Waals surface area contributed by atoms with Gasteiger partial charge in [0.1, 0.15) is 0 Å². The molecule has 1 aromatic rings. The van der Waals surface area contributed by atoms with E-state index >= 15 is 0 Å². The van der Waals surface area contributed by atoms with Gasteiger partial charge in [-0.1, -0.05) is 12.1 Å². The van der Waals surface area contributed by atoms with Crippen molar-refractivity contribution in [1.29, 1.82) is 0 Å². The molecule has 6 nitrogen and oxygen atoms in total. The lowest BCUT2D eigenvalue weighted by molar-refractivity contribution is -0.177. The van der Waals surface area contributed by atoms with Gasteiger partial charge in [-0.2, -0.15) is 0 Å². The zero-order chi connectivity index (χ0) is 14.8. The Morgan fingerprint density at radius 1 is 0.950 bits per heavy atom. The van der Waals surface area contributed by atoms with Gasteiger partial charge in [-0.05, 0) is 31.4 Å². The van der Waals surface area contributed by atoms with Crippen LogP contribution in [0.4, 0.5) is 5.69 Å². The lowest BCUT2D eigenvalue weighted by Crippen LogP contribution is -2.43. The summed E-state index contributed by atoms with van der Waals surface area (Å²) in [4.78, 5) is 24.2. The fourth-order valence-corrected chi connectivity index (χ4v) is 2.40. The Labute approximate surface area is 116 Å². The Balaban J connectivity index is 2.26. The molecule has 0 radical (unpaired) electrons. The molecule has 0 amide bonds. The topological polar surface area (TPSA) is 98.1 Å². The fraction of sp³-hybridized carbons (Fsp3) is 0.429. The van der Waals surface area contributed by atoms with Crippen LogP contribution in [0.1, 0.15) is 24.8 Å². The molecule has 2 rings (SSSR count). The number of carboxylic acid groups (broad SMARTS) is 2. The highest BCUT2D eigenvalue weighted by atomic mass is 16.4. The van der Waals surface area contributed by atoms with Gasteiger partial charge < -0.3 is 20.2 Å². The summed E-state index contributed by atoms with van der Waals surface area (Å²) in [5.74, 6) is -3.59. The second kappa shape index (κ2) is 5.50. The minimum Gasteiger partial charge on any atom is -0.478 e. The maximum absolute atomic E-state index is 11.0. The third-order valence-corrected chi connectivity index (χ3v) is 3.63. The highest BCUT2D eigenvalue weighted by Gasteiger charge is 2.46. The van der Waals surface area contributed by atoms with Crippen molar-refractivity contribution in [1.82, 2.24) is 0 Å². The molecule has 6 heteroatoms. The summed E-state index contributed by atoms with van der Waals surface area (Å²) >= 11 is 0. The van der Waals surface area contributed by atoms with Gasteiger partial charge in [0, 0.05) is 24.3 Å². The van der Waals surface area contributed by atoms with Crippen LogP contribution in [0.3, 0.4) is 0 Å². The van der Waals surface area contributed by atoms with E-state index in [1.54, 1.807) is 12.1 Å². The summed E-state index contributed by atoms with van der Waals surface area (Å²) in [6.45, 7) is 1.86. The van der Waals surface area contributed by atoms with Crippen molar-refractivity contribution in [2.75, 3.05) is 18.0 Å². The molecule has 1 aromatic carbocycles. The van der Waals surface area contributed by atoms with E-state index in [4.69, 9.17) is 10.2 Å². The van der Waals surface area contributed by atoms with E-state index in [2.05, 4.69) is 4.90 Å². The molecule has 1 aliphatic heterocycles. The van der Waals surface area contributed by atoms with Gasteiger partial charge in [-0.3, -0.25) is 0 Å². The van der Waals surface area contributed by atoms with Crippen LogP contribution in [-0.2, 0) is 15.2 Å². The first-order valence-electron chi connectivity index (χ1n) is 6.51. The molecule has 0 atom stereocenters. The molecule has 1 fully saturated rings. The average molecular weight is 279 g/mol. The monoisotopic (exact) mass is 279 g/mol. The van der Waals surface area contributed by atoms with Crippen LogP contribution in [0.5, 0.6) is 0 Å². The number of carbonyl (C=O) groups is 2. The van der Waals surface area contributed by atoms with E-state index < -0.39 is 17.5 Å². The van der Waals surface area contributed by atoms with Gasteiger partial charge in [0.2, 0.25) is 0 Å². The number of benzene rings is 1. The minimum absolute atomic E-state index is 0.154. The van der Waals surface area contributed by atoms with Crippen molar-refractivity contribution in [3.63, 3.8) is 0 Å². The molecule has 1 aliphatic rings. The summed E-state index contributed by atoms with van der Waals surface area (Å²) in [7, 11) is 0. The number of nitrogens with zero attached hydrogens (tertiary/aromatic N) is 1. The molecule has 0 spiro atoms. The lowest BCUT2D eigenvalue weighted by atomic mass is 9.93. The number of hydrogen-bond acceptors (Lipinski definition) is 4. The molecule has 108 valence electrons. The lowest BCUT2D eigenvalue weighted by Gasteiger charge is -2.29. The first-order valence-corrected chi connectivity index (χ1v) is 6.51. The number of aliphatic hydroxyl groups is 1. The van der Waals surface area contributed by atoms with Gasteiger partial charge in [0.05, 0.1) is 0 Å². The summed E-state index contributed by atoms with van der Waals surface area (Å²) in [5, 5.41) is 27.7. The van der Waals surface area contributed by atoms with Gasteiger partial charge in [-0.15, -0.1) is 0 Å². The molecular formula is C14H17NO5. The molecule has 20 heavy (non-hydrogen) atoms. The highest BCUT2D eigenvalue weighted by Crippen LogP contribution is 2.26. The molecule has 0 aromatic heterocycles. The SMILES string of the molecule is O=C(O)C(O)(C(=O)O)c1ccc(N2CCCCC2)cc1. The van der Waals surface area contributed by atoms with Crippen LogP contribution in [0.25, 0.3) is 0 Å². The molecule has 0 bridgehead atoms. The molecule has 0 saturated carbocycles. The predicted molar refractivity (Wildman–Crippen MR) is 71.7 cm³/mol. The van der Waals surface area contributed by atoms with Crippen LogP contribution in [0.2, 0.25) is 0 Å². The van der Waals surface area contributed by atoms with E-state index in [0.29, 0.717) is 0 Å². The van der Waals surface area contributed by atoms with Crippen LogP contribution in [0, 0.1) is 0 Å². The Kier molecular flexibility index (Phi) is 3.94. The average Bonchev–Trinajstić information content (AvgIpc) is 2.47. The zero-order valence-electron chi connectivity index (χ0n) is 11.0. The Bertz CT molecular complexity index is 491. The largest absolute Gasteiger partial charge is 0.478 e. The maximum Gasteiger partial charge on any atom is 0.352 e. The zero-order valence-corrected chi connectivity index (χ0v) is 11.0. The van der Waals surface area contributed by atoms with Gasteiger partial charge in [-0.25, -0.2) is 9.59 Å². The predicted octanol–water partition coefficient (Wildman–Crippen LogP) is 1.03. The van der Waals surface area contributed by atoms with Gasteiger partial charge in [0.25, 0.3) is 5.60 Å². The fourth-order valence-electron chi connectivity index (χ4n) is 2.40. The second-order valence-corrected chi connectivity index (χ2v) is 4.92. The molecule has 1 saturated heterocycles. The first kappa shape index (κ1) is 14.3. The van der Waals surface area contributed by atoms with Crippen LogP contribution < -0.4 is 4.90 Å². The molecule has 3 N–H and O–H groups in total. The van der Waals surface area contributed by atoms with Crippen LogP contribution in [0.15, 0.2) is 24.3 Å². The Hall–Kier alpha value is -2.08. The maximum atomic E-state index is 11.0. The third kappa shape index (κ3) is 2.46. The third-order valence-electron chi connectivity index (χ3n) is 3.63. The minimum atomic E-state index is -2.90. The summed E-state index contributed by atoms with van der Waals surface area (Å²) < 4.78 is 0. The summed E-state index contributed by atoms with van der Waals surface area (Å²) in [5.41, 5.74) is -2.15. The van der Waals surface area contributed by atoms with E-state index in [-0.39, 0.29) is 5.56 Å².